The third kappa shape index (κ3) is 3.85. The Morgan fingerprint density at radius 1 is 1.18 bits per heavy atom. The largest absolute Gasteiger partial charge is 0.491 e. The van der Waals surface area contributed by atoms with E-state index >= 15 is 0 Å². The van der Waals surface area contributed by atoms with Gasteiger partial charge in [-0.05, 0) is 12.8 Å². The topological polar surface area (TPSA) is 59.6 Å². The Bertz CT molecular complexity index is 517. The summed E-state index contributed by atoms with van der Waals surface area (Å²) in [5.74, 6) is -2.21. The minimum absolute atomic E-state index is 0.0260. The Hall–Kier alpha value is -1.89. The molecule has 2 rings (SSSR count). The Labute approximate surface area is 128 Å². The zero-order valence-electron chi connectivity index (χ0n) is 12.6. The average Bonchev–Trinajstić information content (AvgIpc) is 2.47. The minimum Gasteiger partial charge on any atom is -0.491 e. The van der Waals surface area contributed by atoms with Crippen molar-refractivity contribution in [1.82, 2.24) is 5.32 Å². The fourth-order valence-corrected chi connectivity index (χ4v) is 2.71. The van der Waals surface area contributed by atoms with E-state index in [0.717, 1.165) is 37.8 Å². The molecule has 0 bridgehead atoms. The maximum Gasteiger partial charge on any atom is 0.319 e. The van der Waals surface area contributed by atoms with Gasteiger partial charge in [0.15, 0.2) is 17.4 Å². The van der Waals surface area contributed by atoms with Crippen molar-refractivity contribution in [3.63, 3.8) is 0 Å². The van der Waals surface area contributed by atoms with E-state index in [1.54, 1.807) is 7.11 Å². The molecule has 2 amide bonds. The summed E-state index contributed by atoms with van der Waals surface area (Å²) in [6.45, 7) is 0. The third-order valence-corrected chi connectivity index (χ3v) is 3.78. The average molecular weight is 314 g/mol. The van der Waals surface area contributed by atoms with Gasteiger partial charge in [-0.1, -0.05) is 12.8 Å². The second kappa shape index (κ2) is 7.40. The van der Waals surface area contributed by atoms with Crippen molar-refractivity contribution in [2.75, 3.05) is 19.5 Å². The monoisotopic (exact) mass is 314 g/mol. The third-order valence-electron chi connectivity index (χ3n) is 3.78. The van der Waals surface area contributed by atoms with Crippen LogP contribution in [0.15, 0.2) is 12.1 Å². The summed E-state index contributed by atoms with van der Waals surface area (Å²) in [7, 11) is 2.78. The van der Waals surface area contributed by atoms with Crippen molar-refractivity contribution < 1.29 is 23.0 Å². The number of urea groups is 1. The van der Waals surface area contributed by atoms with Gasteiger partial charge in [-0.25, -0.2) is 13.6 Å². The molecular weight excluding hydrogens is 294 g/mol. The van der Waals surface area contributed by atoms with Gasteiger partial charge in [-0.3, -0.25) is 0 Å². The molecule has 2 atom stereocenters. The molecule has 1 aliphatic rings. The highest BCUT2D eigenvalue weighted by atomic mass is 19.1. The molecule has 2 N–H and O–H groups in total. The number of hydrogen-bond donors (Lipinski definition) is 2. The molecule has 1 aromatic rings. The smallest absolute Gasteiger partial charge is 0.319 e. The first-order chi connectivity index (χ1) is 10.5. The molecule has 0 spiro atoms. The van der Waals surface area contributed by atoms with Gasteiger partial charge in [0, 0.05) is 24.9 Å². The Morgan fingerprint density at radius 3 is 2.41 bits per heavy atom. The molecule has 1 fully saturated rings. The number of carbonyl (C=O) groups is 1. The van der Waals surface area contributed by atoms with Gasteiger partial charge in [0.2, 0.25) is 0 Å². The van der Waals surface area contributed by atoms with Crippen molar-refractivity contribution in [3.8, 4) is 5.75 Å². The number of amides is 2. The van der Waals surface area contributed by atoms with Gasteiger partial charge in [-0.15, -0.1) is 0 Å². The summed E-state index contributed by atoms with van der Waals surface area (Å²) in [6, 6.07) is 1.40. The molecule has 22 heavy (non-hydrogen) atoms. The molecule has 1 aliphatic carbocycles. The standard InChI is InChI=1S/C15H20F2N2O3/c1-21-13-6-4-3-5-12(13)19-15(20)18-9-7-10(16)14(22-2)11(17)8-9/h7-8,12-13H,3-6H2,1-2H3,(H2,18,19,20). The Balaban J connectivity index is 2.00. The van der Waals surface area contributed by atoms with Crippen LogP contribution in [0.25, 0.3) is 0 Å². The van der Waals surface area contributed by atoms with E-state index in [4.69, 9.17) is 4.74 Å². The number of nitrogens with one attached hydrogen (secondary N) is 2. The van der Waals surface area contributed by atoms with Crippen LogP contribution in [0.1, 0.15) is 25.7 Å². The first-order valence-corrected chi connectivity index (χ1v) is 7.18. The maximum atomic E-state index is 13.6. The molecule has 7 heteroatoms. The predicted molar refractivity (Wildman–Crippen MR) is 78.1 cm³/mol. The second-order valence-corrected chi connectivity index (χ2v) is 5.24. The fraction of sp³-hybridized carbons (Fsp3) is 0.533. The number of anilines is 1. The molecule has 5 nitrogen and oxygen atoms in total. The highest BCUT2D eigenvalue weighted by Crippen LogP contribution is 2.25. The van der Waals surface area contributed by atoms with Crippen LogP contribution in [0, 0.1) is 11.6 Å². The van der Waals surface area contributed by atoms with Crippen molar-refractivity contribution in [1.29, 1.82) is 0 Å². The van der Waals surface area contributed by atoms with Crippen LogP contribution < -0.4 is 15.4 Å². The second-order valence-electron chi connectivity index (χ2n) is 5.24. The first-order valence-electron chi connectivity index (χ1n) is 7.18. The van der Waals surface area contributed by atoms with Crippen molar-refractivity contribution in [2.45, 2.75) is 37.8 Å². The summed E-state index contributed by atoms with van der Waals surface area (Å²) >= 11 is 0. The van der Waals surface area contributed by atoms with Crippen LogP contribution >= 0.6 is 0 Å². The molecule has 0 radical (unpaired) electrons. The van der Waals surface area contributed by atoms with Gasteiger partial charge in [0.05, 0.1) is 19.3 Å². The summed E-state index contributed by atoms with van der Waals surface area (Å²) in [4.78, 5) is 12.0. The molecule has 0 aliphatic heterocycles. The van der Waals surface area contributed by atoms with E-state index in [0.29, 0.717) is 0 Å². The molecule has 1 saturated carbocycles. The quantitative estimate of drug-likeness (QED) is 0.898. The number of hydrogen-bond acceptors (Lipinski definition) is 3. The van der Waals surface area contributed by atoms with Gasteiger partial charge in [0.25, 0.3) is 0 Å². The van der Waals surface area contributed by atoms with Crippen LogP contribution in [0.5, 0.6) is 5.75 Å². The lowest BCUT2D eigenvalue weighted by atomic mass is 9.92. The van der Waals surface area contributed by atoms with E-state index in [1.165, 1.54) is 7.11 Å². The lowest BCUT2D eigenvalue weighted by molar-refractivity contribution is 0.0459. The molecule has 122 valence electrons. The SMILES string of the molecule is COc1c(F)cc(NC(=O)NC2CCCCC2OC)cc1F. The van der Waals surface area contributed by atoms with E-state index in [-0.39, 0.29) is 17.8 Å². The number of benzene rings is 1. The molecule has 0 aromatic heterocycles. The Morgan fingerprint density at radius 2 is 1.82 bits per heavy atom. The van der Waals surface area contributed by atoms with Crippen molar-refractivity contribution in [2.24, 2.45) is 0 Å². The van der Waals surface area contributed by atoms with Crippen LogP contribution in [0.4, 0.5) is 19.3 Å². The molecule has 0 saturated heterocycles. The summed E-state index contributed by atoms with van der Waals surface area (Å²) < 4.78 is 37.1. The van der Waals surface area contributed by atoms with Crippen LogP contribution in [-0.2, 0) is 4.74 Å². The fourth-order valence-electron chi connectivity index (χ4n) is 2.71. The van der Waals surface area contributed by atoms with Gasteiger partial charge in [-0.2, -0.15) is 0 Å². The van der Waals surface area contributed by atoms with Crippen molar-refractivity contribution in [3.05, 3.63) is 23.8 Å². The predicted octanol–water partition coefficient (Wildman–Crippen LogP) is 3.05. The van der Waals surface area contributed by atoms with E-state index in [9.17, 15) is 13.6 Å². The lowest BCUT2D eigenvalue weighted by Crippen LogP contribution is -2.47. The zero-order chi connectivity index (χ0) is 16.1. The summed E-state index contributed by atoms with van der Waals surface area (Å²) in [6.07, 6.45) is 3.73. The zero-order valence-corrected chi connectivity index (χ0v) is 12.6. The lowest BCUT2D eigenvalue weighted by Gasteiger charge is -2.31. The summed E-state index contributed by atoms with van der Waals surface area (Å²) in [5.41, 5.74) is 0.0260. The van der Waals surface area contributed by atoms with Gasteiger partial charge < -0.3 is 20.1 Å². The number of carbonyl (C=O) groups excluding carboxylic acids is 1. The molecular formula is C15H20F2N2O3. The number of methoxy groups -OCH3 is 2. The number of rotatable bonds is 4. The summed E-state index contributed by atoms with van der Waals surface area (Å²) in [5, 5.41) is 5.21. The van der Waals surface area contributed by atoms with E-state index in [2.05, 4.69) is 15.4 Å². The van der Waals surface area contributed by atoms with Gasteiger partial charge in [0.1, 0.15) is 0 Å². The van der Waals surface area contributed by atoms with Gasteiger partial charge >= 0.3 is 6.03 Å². The highest BCUT2D eigenvalue weighted by molar-refractivity contribution is 5.89. The van der Waals surface area contributed by atoms with Crippen LogP contribution in [0.3, 0.4) is 0 Å². The molecule has 0 heterocycles. The van der Waals surface area contributed by atoms with Crippen LogP contribution in [0.2, 0.25) is 0 Å². The minimum atomic E-state index is -0.870. The highest BCUT2D eigenvalue weighted by Gasteiger charge is 2.26. The number of halogens is 2. The maximum absolute atomic E-state index is 13.6. The Kier molecular flexibility index (Phi) is 5.54. The molecule has 2 unspecified atom stereocenters. The first kappa shape index (κ1) is 16.5. The molecule has 1 aromatic carbocycles. The van der Waals surface area contributed by atoms with E-state index in [1.807, 2.05) is 0 Å². The number of ether oxygens (including phenoxy) is 2. The van der Waals surface area contributed by atoms with Crippen LogP contribution in [-0.4, -0.2) is 32.4 Å². The van der Waals surface area contributed by atoms with E-state index < -0.39 is 23.4 Å². The normalized spacial score (nSPS) is 21.3. The van der Waals surface area contributed by atoms with Crippen molar-refractivity contribution >= 4 is 11.7 Å².